The molecule has 0 aliphatic heterocycles. The normalized spacial score (nSPS) is 30.2. The molecule has 14 heavy (non-hydrogen) atoms. The van der Waals surface area contributed by atoms with Gasteiger partial charge < -0.3 is 10.1 Å². The molecule has 1 N–H and O–H groups in total. The van der Waals surface area contributed by atoms with Crippen LogP contribution >= 0.6 is 0 Å². The molecule has 0 saturated heterocycles. The first kappa shape index (κ1) is 12.0. The summed E-state index contributed by atoms with van der Waals surface area (Å²) in [5, 5.41) is 3.59. The van der Waals surface area contributed by atoms with E-state index < -0.39 is 0 Å². The molecule has 1 saturated carbocycles. The van der Waals surface area contributed by atoms with Crippen LogP contribution in [0.2, 0.25) is 0 Å². The molecule has 84 valence electrons. The number of methoxy groups -OCH3 is 1. The molecule has 0 aromatic heterocycles. The van der Waals surface area contributed by atoms with Gasteiger partial charge in [-0.05, 0) is 51.5 Å². The monoisotopic (exact) mass is 199 g/mol. The molecule has 1 atom stereocenters. The van der Waals surface area contributed by atoms with Crippen molar-refractivity contribution >= 4 is 0 Å². The zero-order valence-corrected chi connectivity index (χ0v) is 9.88. The van der Waals surface area contributed by atoms with Crippen LogP contribution in [-0.4, -0.2) is 25.8 Å². The van der Waals surface area contributed by atoms with E-state index in [0.717, 1.165) is 12.5 Å². The molecule has 0 radical (unpaired) electrons. The Hall–Kier alpha value is -0.0800. The third kappa shape index (κ3) is 3.58. The summed E-state index contributed by atoms with van der Waals surface area (Å²) in [6, 6.07) is 0.688. The van der Waals surface area contributed by atoms with Gasteiger partial charge in [0.15, 0.2) is 0 Å². The summed E-state index contributed by atoms with van der Waals surface area (Å²) < 4.78 is 5.38. The lowest BCUT2D eigenvalue weighted by Gasteiger charge is -2.32. The molecular weight excluding hydrogens is 174 g/mol. The fraction of sp³-hybridized carbons (Fsp3) is 1.00. The van der Waals surface area contributed by atoms with Crippen molar-refractivity contribution in [2.45, 2.75) is 58.1 Å². The van der Waals surface area contributed by atoms with E-state index in [0.29, 0.717) is 12.1 Å². The van der Waals surface area contributed by atoms with E-state index in [1.54, 1.807) is 0 Å². The van der Waals surface area contributed by atoms with Crippen LogP contribution in [0.5, 0.6) is 0 Å². The third-order valence-corrected chi connectivity index (χ3v) is 3.48. The van der Waals surface area contributed by atoms with Gasteiger partial charge in [-0.25, -0.2) is 0 Å². The lowest BCUT2D eigenvalue weighted by Crippen LogP contribution is -2.37. The van der Waals surface area contributed by atoms with Gasteiger partial charge in [0.05, 0.1) is 6.10 Å². The fourth-order valence-corrected chi connectivity index (χ4v) is 2.36. The Labute approximate surface area is 88.4 Å². The van der Waals surface area contributed by atoms with Crippen LogP contribution in [-0.2, 0) is 4.74 Å². The maximum Gasteiger partial charge on any atom is 0.0571 e. The number of rotatable bonds is 5. The van der Waals surface area contributed by atoms with Crippen molar-refractivity contribution in [3.05, 3.63) is 0 Å². The average molecular weight is 199 g/mol. The molecule has 0 aromatic rings. The second-order valence-corrected chi connectivity index (χ2v) is 4.52. The van der Waals surface area contributed by atoms with Crippen molar-refractivity contribution in [1.29, 1.82) is 0 Å². The SMILES string of the molecule is CCCNC(C)C1CCC(OC)CC1. The Morgan fingerprint density at radius 3 is 2.43 bits per heavy atom. The third-order valence-electron chi connectivity index (χ3n) is 3.48. The maximum atomic E-state index is 5.38. The molecule has 2 heteroatoms. The van der Waals surface area contributed by atoms with Gasteiger partial charge in [0.25, 0.3) is 0 Å². The van der Waals surface area contributed by atoms with Gasteiger partial charge in [0, 0.05) is 13.2 Å². The zero-order valence-electron chi connectivity index (χ0n) is 9.88. The first-order chi connectivity index (χ1) is 6.77. The minimum Gasteiger partial charge on any atom is -0.381 e. The van der Waals surface area contributed by atoms with Gasteiger partial charge in [-0.1, -0.05) is 6.92 Å². The van der Waals surface area contributed by atoms with Crippen molar-refractivity contribution in [1.82, 2.24) is 5.32 Å². The highest BCUT2D eigenvalue weighted by Gasteiger charge is 2.24. The minimum atomic E-state index is 0.532. The quantitative estimate of drug-likeness (QED) is 0.735. The van der Waals surface area contributed by atoms with E-state index in [2.05, 4.69) is 19.2 Å². The van der Waals surface area contributed by atoms with E-state index in [4.69, 9.17) is 4.74 Å². The molecule has 1 aliphatic carbocycles. The van der Waals surface area contributed by atoms with Gasteiger partial charge in [-0.3, -0.25) is 0 Å². The van der Waals surface area contributed by atoms with Crippen LogP contribution in [0.1, 0.15) is 46.0 Å². The summed E-state index contributed by atoms with van der Waals surface area (Å²) in [5.74, 6) is 0.868. The Bertz CT molecular complexity index is 141. The predicted octanol–water partition coefficient (Wildman–Crippen LogP) is 2.58. The molecule has 2 nitrogen and oxygen atoms in total. The number of hydrogen-bond acceptors (Lipinski definition) is 2. The number of hydrogen-bond donors (Lipinski definition) is 1. The summed E-state index contributed by atoms with van der Waals surface area (Å²) >= 11 is 0. The molecule has 1 unspecified atom stereocenters. The Balaban J connectivity index is 2.19. The van der Waals surface area contributed by atoms with Gasteiger partial charge in [-0.2, -0.15) is 0 Å². The van der Waals surface area contributed by atoms with Crippen molar-refractivity contribution in [3.63, 3.8) is 0 Å². The molecule has 0 heterocycles. The predicted molar refractivity (Wildman–Crippen MR) is 60.5 cm³/mol. The Morgan fingerprint density at radius 2 is 1.93 bits per heavy atom. The minimum absolute atomic E-state index is 0.532. The molecular formula is C12H25NO. The summed E-state index contributed by atoms with van der Waals surface area (Å²) in [6.07, 6.45) is 6.92. The lowest BCUT2D eigenvalue weighted by molar-refractivity contribution is 0.0515. The maximum absolute atomic E-state index is 5.38. The average Bonchev–Trinajstić information content (AvgIpc) is 2.26. The highest BCUT2D eigenvalue weighted by molar-refractivity contribution is 4.79. The first-order valence-corrected chi connectivity index (χ1v) is 6.04. The van der Waals surface area contributed by atoms with Crippen molar-refractivity contribution in [2.75, 3.05) is 13.7 Å². The molecule has 0 spiro atoms. The van der Waals surface area contributed by atoms with Crippen LogP contribution in [0.3, 0.4) is 0 Å². The topological polar surface area (TPSA) is 21.3 Å². The second kappa shape index (κ2) is 6.41. The highest BCUT2D eigenvalue weighted by atomic mass is 16.5. The van der Waals surface area contributed by atoms with Gasteiger partial charge in [-0.15, -0.1) is 0 Å². The van der Waals surface area contributed by atoms with Crippen molar-refractivity contribution in [2.24, 2.45) is 5.92 Å². The van der Waals surface area contributed by atoms with Gasteiger partial charge >= 0.3 is 0 Å². The van der Waals surface area contributed by atoms with Crippen LogP contribution in [0.15, 0.2) is 0 Å². The van der Waals surface area contributed by atoms with E-state index in [1.807, 2.05) is 7.11 Å². The van der Waals surface area contributed by atoms with Crippen molar-refractivity contribution < 1.29 is 4.74 Å². The van der Waals surface area contributed by atoms with Gasteiger partial charge in [0.2, 0.25) is 0 Å². The molecule has 1 aliphatic rings. The van der Waals surface area contributed by atoms with Crippen LogP contribution in [0, 0.1) is 5.92 Å². The van der Waals surface area contributed by atoms with Gasteiger partial charge in [0.1, 0.15) is 0 Å². The van der Waals surface area contributed by atoms with E-state index >= 15 is 0 Å². The van der Waals surface area contributed by atoms with Crippen molar-refractivity contribution in [3.8, 4) is 0 Å². The Morgan fingerprint density at radius 1 is 1.29 bits per heavy atom. The summed E-state index contributed by atoms with van der Waals surface area (Å²) in [6.45, 7) is 5.71. The fourth-order valence-electron chi connectivity index (χ4n) is 2.36. The molecule has 0 bridgehead atoms. The highest BCUT2D eigenvalue weighted by Crippen LogP contribution is 2.28. The van der Waals surface area contributed by atoms with Crippen LogP contribution < -0.4 is 5.32 Å². The van der Waals surface area contributed by atoms with E-state index in [-0.39, 0.29) is 0 Å². The number of nitrogens with one attached hydrogen (secondary N) is 1. The molecule has 0 aromatic carbocycles. The smallest absolute Gasteiger partial charge is 0.0571 e. The van der Waals surface area contributed by atoms with Crippen LogP contribution in [0.25, 0.3) is 0 Å². The molecule has 1 rings (SSSR count). The first-order valence-electron chi connectivity index (χ1n) is 6.04. The largest absolute Gasteiger partial charge is 0.381 e. The summed E-state index contributed by atoms with van der Waals surface area (Å²) in [4.78, 5) is 0. The standard InChI is InChI=1S/C12H25NO/c1-4-9-13-10(2)11-5-7-12(14-3)8-6-11/h10-13H,4-9H2,1-3H3. The lowest BCUT2D eigenvalue weighted by atomic mass is 9.83. The second-order valence-electron chi connectivity index (χ2n) is 4.52. The van der Waals surface area contributed by atoms with Crippen LogP contribution in [0.4, 0.5) is 0 Å². The Kier molecular flexibility index (Phi) is 5.49. The molecule has 0 amide bonds. The summed E-state index contributed by atoms with van der Waals surface area (Å²) in [7, 11) is 1.84. The zero-order chi connectivity index (χ0) is 10.4. The van der Waals surface area contributed by atoms with E-state index in [9.17, 15) is 0 Å². The number of ether oxygens (including phenoxy) is 1. The molecule has 1 fully saturated rings. The van der Waals surface area contributed by atoms with E-state index in [1.165, 1.54) is 32.1 Å². The summed E-state index contributed by atoms with van der Waals surface area (Å²) in [5.41, 5.74) is 0.